The van der Waals surface area contributed by atoms with E-state index in [-0.39, 0.29) is 10.2 Å². The first-order chi connectivity index (χ1) is 6.89. The molecule has 0 saturated carbocycles. The van der Waals surface area contributed by atoms with E-state index in [1.54, 1.807) is 11.6 Å². The molecule has 5 nitrogen and oxygen atoms in total. The first kappa shape index (κ1) is 10.4. The van der Waals surface area contributed by atoms with Gasteiger partial charge in [-0.15, -0.1) is 0 Å². The molecule has 0 aliphatic rings. The number of aryl methyl sites for hydroxylation is 1. The van der Waals surface area contributed by atoms with Gasteiger partial charge in [-0.25, -0.2) is 18.4 Å². The van der Waals surface area contributed by atoms with Crippen LogP contribution in [0.25, 0.3) is 11.0 Å². The smallest absolute Gasteiger partial charge is 0.195 e. The van der Waals surface area contributed by atoms with E-state index < -0.39 is 9.84 Å². The first-order valence-corrected chi connectivity index (χ1v) is 6.34. The second kappa shape index (κ2) is 3.18. The minimum Gasteiger partial charge on any atom is -0.331 e. The summed E-state index contributed by atoms with van der Waals surface area (Å²) >= 11 is 5.71. The van der Waals surface area contributed by atoms with Crippen molar-refractivity contribution in [2.24, 2.45) is 7.05 Å². The van der Waals surface area contributed by atoms with Crippen molar-refractivity contribution in [3.8, 4) is 0 Å². The maximum atomic E-state index is 11.5. The van der Waals surface area contributed by atoms with E-state index in [0.717, 1.165) is 6.26 Å². The van der Waals surface area contributed by atoms with Crippen LogP contribution in [0.15, 0.2) is 17.4 Å². The second-order valence-electron chi connectivity index (χ2n) is 3.25. The predicted octanol–water partition coefficient (Wildman–Crippen LogP) is 1.03. The van der Waals surface area contributed by atoms with E-state index >= 15 is 0 Å². The number of rotatable bonds is 1. The number of aromatic nitrogens is 3. The Kier molecular flexibility index (Phi) is 2.20. The van der Waals surface area contributed by atoms with Gasteiger partial charge in [0.15, 0.2) is 14.9 Å². The predicted molar refractivity (Wildman–Crippen MR) is 56.6 cm³/mol. The van der Waals surface area contributed by atoms with Crippen LogP contribution in [0.3, 0.4) is 0 Å². The molecule has 0 aromatic carbocycles. The van der Waals surface area contributed by atoms with Crippen molar-refractivity contribution in [1.29, 1.82) is 0 Å². The average molecular weight is 246 g/mol. The highest BCUT2D eigenvalue weighted by Crippen LogP contribution is 2.22. The van der Waals surface area contributed by atoms with Crippen molar-refractivity contribution < 1.29 is 8.42 Å². The van der Waals surface area contributed by atoms with Crippen molar-refractivity contribution in [2.45, 2.75) is 5.03 Å². The summed E-state index contributed by atoms with van der Waals surface area (Å²) in [6.07, 6.45) is 2.62. The molecule has 0 unspecified atom stereocenters. The molecule has 15 heavy (non-hydrogen) atoms. The zero-order chi connectivity index (χ0) is 11.2. The van der Waals surface area contributed by atoms with Crippen LogP contribution in [0.5, 0.6) is 0 Å². The highest BCUT2D eigenvalue weighted by molar-refractivity contribution is 7.90. The Morgan fingerprint density at radius 3 is 2.73 bits per heavy atom. The topological polar surface area (TPSA) is 64.8 Å². The fraction of sp³-hybridized carbons (Fsp3) is 0.250. The molecule has 0 aliphatic carbocycles. The Bertz CT molecular complexity index is 633. The maximum absolute atomic E-state index is 11.5. The Morgan fingerprint density at radius 1 is 1.47 bits per heavy atom. The van der Waals surface area contributed by atoms with E-state index in [1.165, 1.54) is 12.4 Å². The quantitative estimate of drug-likeness (QED) is 0.704. The number of fused-ring (bicyclic) bond motifs is 1. The maximum Gasteiger partial charge on any atom is 0.195 e. The van der Waals surface area contributed by atoms with Gasteiger partial charge in [-0.05, 0) is 0 Å². The normalized spacial score (nSPS) is 12.2. The summed E-state index contributed by atoms with van der Waals surface area (Å²) in [4.78, 5) is 7.85. The van der Waals surface area contributed by atoms with Gasteiger partial charge in [0.25, 0.3) is 0 Å². The van der Waals surface area contributed by atoms with Gasteiger partial charge in [-0.3, -0.25) is 0 Å². The molecule has 0 spiro atoms. The minimum absolute atomic E-state index is 0.0370. The highest BCUT2D eigenvalue weighted by Gasteiger charge is 2.18. The molecule has 0 radical (unpaired) electrons. The van der Waals surface area contributed by atoms with E-state index in [0.29, 0.717) is 11.0 Å². The lowest BCUT2D eigenvalue weighted by atomic mass is 10.4. The van der Waals surface area contributed by atoms with Crippen molar-refractivity contribution in [3.05, 3.63) is 17.5 Å². The fourth-order valence-electron chi connectivity index (χ4n) is 1.37. The van der Waals surface area contributed by atoms with Crippen LogP contribution in [0.1, 0.15) is 0 Å². The molecule has 2 aromatic rings. The molecule has 80 valence electrons. The third kappa shape index (κ3) is 1.70. The first-order valence-electron chi connectivity index (χ1n) is 4.07. The molecule has 0 atom stereocenters. The Labute approximate surface area is 91.6 Å². The largest absolute Gasteiger partial charge is 0.331 e. The molecule has 0 aliphatic heterocycles. The van der Waals surface area contributed by atoms with Crippen LogP contribution in [-0.4, -0.2) is 29.2 Å². The third-order valence-electron chi connectivity index (χ3n) is 1.98. The van der Waals surface area contributed by atoms with E-state index in [4.69, 9.17) is 11.6 Å². The van der Waals surface area contributed by atoms with Crippen LogP contribution >= 0.6 is 11.6 Å². The summed E-state index contributed by atoms with van der Waals surface area (Å²) in [6, 6.07) is 1.53. The van der Waals surface area contributed by atoms with Crippen LogP contribution in [0.4, 0.5) is 0 Å². The average Bonchev–Trinajstić information content (AvgIpc) is 2.44. The van der Waals surface area contributed by atoms with Crippen molar-refractivity contribution >= 4 is 32.5 Å². The number of sulfone groups is 1. The van der Waals surface area contributed by atoms with Crippen molar-refractivity contribution in [3.63, 3.8) is 0 Å². The van der Waals surface area contributed by atoms with E-state index in [2.05, 4.69) is 9.97 Å². The summed E-state index contributed by atoms with van der Waals surface area (Å²) in [7, 11) is -1.69. The van der Waals surface area contributed by atoms with Gasteiger partial charge in [-0.1, -0.05) is 11.6 Å². The van der Waals surface area contributed by atoms with Gasteiger partial charge >= 0.3 is 0 Å². The molecule has 0 bridgehead atoms. The fourth-order valence-corrected chi connectivity index (χ4v) is 2.47. The van der Waals surface area contributed by atoms with Gasteiger partial charge < -0.3 is 4.57 Å². The van der Waals surface area contributed by atoms with Gasteiger partial charge in [0.05, 0.1) is 11.8 Å². The van der Waals surface area contributed by atoms with Crippen LogP contribution in [0.2, 0.25) is 5.15 Å². The summed E-state index contributed by atoms with van der Waals surface area (Å²) in [5, 5.41) is 0.0895. The van der Waals surface area contributed by atoms with Crippen LogP contribution in [0, 0.1) is 0 Å². The van der Waals surface area contributed by atoms with Crippen LogP contribution < -0.4 is 0 Å². The number of imidazole rings is 1. The van der Waals surface area contributed by atoms with Gasteiger partial charge in [0.2, 0.25) is 0 Å². The second-order valence-corrected chi connectivity index (χ2v) is 5.56. The van der Waals surface area contributed by atoms with Crippen molar-refractivity contribution in [2.75, 3.05) is 6.26 Å². The van der Waals surface area contributed by atoms with E-state index in [1.807, 2.05) is 0 Å². The zero-order valence-electron chi connectivity index (χ0n) is 8.10. The molecule has 0 saturated heterocycles. The molecule has 0 fully saturated rings. The number of hydrogen-bond donors (Lipinski definition) is 0. The molecule has 2 rings (SSSR count). The monoisotopic (exact) mass is 245 g/mol. The zero-order valence-corrected chi connectivity index (χ0v) is 9.67. The summed E-state index contributed by atoms with van der Waals surface area (Å²) in [5.41, 5.74) is 1.000. The lowest BCUT2D eigenvalue weighted by Gasteiger charge is -2.02. The third-order valence-corrected chi connectivity index (χ3v) is 3.16. The lowest BCUT2D eigenvalue weighted by molar-refractivity contribution is 0.599. The summed E-state index contributed by atoms with van der Waals surface area (Å²) in [6.45, 7) is 0. The van der Waals surface area contributed by atoms with Crippen molar-refractivity contribution in [1.82, 2.24) is 14.5 Å². The molecule has 2 heterocycles. The summed E-state index contributed by atoms with van der Waals surface area (Å²) < 4.78 is 24.6. The minimum atomic E-state index is -3.40. The van der Waals surface area contributed by atoms with Crippen LogP contribution in [-0.2, 0) is 16.9 Å². The number of halogens is 1. The molecular weight excluding hydrogens is 238 g/mol. The Balaban J connectivity index is 2.99. The van der Waals surface area contributed by atoms with Gasteiger partial charge in [0.1, 0.15) is 10.7 Å². The molecule has 7 heteroatoms. The van der Waals surface area contributed by atoms with E-state index in [9.17, 15) is 8.42 Å². The Hall–Kier alpha value is -1.14. The Morgan fingerprint density at radius 2 is 2.13 bits per heavy atom. The molecular formula is C8H8ClN3O2S. The molecule has 2 aromatic heterocycles. The number of nitrogens with zero attached hydrogens (tertiary/aromatic N) is 3. The lowest BCUT2D eigenvalue weighted by Crippen LogP contribution is -2.04. The molecule has 0 N–H and O–H groups in total. The van der Waals surface area contributed by atoms with Gasteiger partial charge in [0, 0.05) is 19.4 Å². The highest BCUT2D eigenvalue weighted by atomic mass is 35.5. The van der Waals surface area contributed by atoms with Gasteiger partial charge in [-0.2, -0.15) is 0 Å². The molecule has 0 amide bonds. The standard InChI is InChI=1S/C8H8ClN3O2S/c1-12-4-10-5-3-6(9)11-8(7(5)12)15(2,13)14/h3-4H,1-2H3. The SMILES string of the molecule is Cn1cnc2cc(Cl)nc(S(C)(=O)=O)c21. The summed E-state index contributed by atoms with van der Waals surface area (Å²) in [5.74, 6) is 0. The number of hydrogen-bond acceptors (Lipinski definition) is 4. The number of pyridine rings is 1.